The van der Waals surface area contributed by atoms with Crippen LogP contribution in [-0.4, -0.2) is 46.9 Å². The average Bonchev–Trinajstić information content (AvgIpc) is 2.60. The van der Waals surface area contributed by atoms with Gasteiger partial charge >= 0.3 is 5.97 Å². The van der Waals surface area contributed by atoms with Gasteiger partial charge in [0.15, 0.2) is 0 Å². The Morgan fingerprint density at radius 1 is 1.41 bits per heavy atom. The number of carbonyl (C=O) groups is 3. The summed E-state index contributed by atoms with van der Waals surface area (Å²) in [7, 11) is 0. The first-order valence-electron chi connectivity index (χ1n) is 5.55. The van der Waals surface area contributed by atoms with Crippen LogP contribution in [0.1, 0.15) is 27.2 Å². The van der Waals surface area contributed by atoms with Gasteiger partial charge < -0.3 is 15.3 Å². The Morgan fingerprint density at radius 2 is 2.00 bits per heavy atom. The van der Waals surface area contributed by atoms with Gasteiger partial charge in [0.05, 0.1) is 5.41 Å². The molecule has 1 rings (SSSR count). The summed E-state index contributed by atoms with van der Waals surface area (Å²) in [5.74, 6) is -1.39. The Labute approximate surface area is 100.0 Å². The minimum Gasteiger partial charge on any atom is -0.481 e. The minimum absolute atomic E-state index is 0.199. The van der Waals surface area contributed by atoms with Gasteiger partial charge in [-0.25, -0.2) is 0 Å². The summed E-state index contributed by atoms with van der Waals surface area (Å²) in [6, 6.07) is -0.608. The summed E-state index contributed by atoms with van der Waals surface area (Å²) < 4.78 is 0. The summed E-state index contributed by atoms with van der Waals surface area (Å²) in [6.45, 7) is 5.19. The normalized spacial score (nSPS) is 25.5. The zero-order valence-electron chi connectivity index (χ0n) is 10.3. The standard InChI is InChI=1S/C11H18N2O4/c1-7(12-8(2)14)9(15)13-5-4-11(3,6-13)10(16)17/h7H,4-6H2,1-3H3,(H,12,14)(H,16,17)/t7-,11+/m0/s1. The molecule has 6 nitrogen and oxygen atoms in total. The van der Waals surface area contributed by atoms with Crippen molar-refractivity contribution in [2.45, 2.75) is 33.2 Å². The summed E-state index contributed by atoms with van der Waals surface area (Å²) >= 11 is 0. The third kappa shape index (κ3) is 2.95. The molecule has 0 radical (unpaired) electrons. The molecule has 6 heteroatoms. The molecule has 0 aliphatic carbocycles. The lowest BCUT2D eigenvalue weighted by Crippen LogP contribution is -2.46. The van der Waals surface area contributed by atoms with E-state index in [4.69, 9.17) is 5.11 Å². The lowest BCUT2D eigenvalue weighted by molar-refractivity contribution is -0.147. The fourth-order valence-electron chi connectivity index (χ4n) is 1.96. The zero-order valence-corrected chi connectivity index (χ0v) is 10.3. The van der Waals surface area contributed by atoms with Crippen molar-refractivity contribution >= 4 is 17.8 Å². The highest BCUT2D eigenvalue weighted by Gasteiger charge is 2.42. The van der Waals surface area contributed by atoms with E-state index in [1.807, 2.05) is 0 Å². The molecule has 2 N–H and O–H groups in total. The van der Waals surface area contributed by atoms with Crippen molar-refractivity contribution < 1.29 is 19.5 Å². The van der Waals surface area contributed by atoms with Crippen LogP contribution in [0.4, 0.5) is 0 Å². The second-order valence-corrected chi connectivity index (χ2v) is 4.80. The van der Waals surface area contributed by atoms with Gasteiger partial charge in [0.1, 0.15) is 6.04 Å². The van der Waals surface area contributed by atoms with E-state index in [2.05, 4.69) is 5.32 Å². The first-order chi connectivity index (χ1) is 7.76. The number of amides is 2. The molecular formula is C11H18N2O4. The topological polar surface area (TPSA) is 86.7 Å². The van der Waals surface area contributed by atoms with Crippen LogP contribution in [0.2, 0.25) is 0 Å². The largest absolute Gasteiger partial charge is 0.481 e. The second kappa shape index (κ2) is 4.73. The van der Waals surface area contributed by atoms with Gasteiger partial charge in [-0.2, -0.15) is 0 Å². The van der Waals surface area contributed by atoms with Crippen LogP contribution in [0.5, 0.6) is 0 Å². The fraction of sp³-hybridized carbons (Fsp3) is 0.727. The van der Waals surface area contributed by atoms with Gasteiger partial charge in [-0.1, -0.05) is 0 Å². The molecule has 96 valence electrons. The predicted octanol–water partition coefficient (Wildman–Crippen LogP) is -0.166. The van der Waals surface area contributed by atoms with E-state index in [1.54, 1.807) is 13.8 Å². The van der Waals surface area contributed by atoms with E-state index in [-0.39, 0.29) is 18.4 Å². The Hall–Kier alpha value is -1.59. The van der Waals surface area contributed by atoms with Crippen molar-refractivity contribution in [3.8, 4) is 0 Å². The molecule has 0 aromatic rings. The Morgan fingerprint density at radius 3 is 2.41 bits per heavy atom. The van der Waals surface area contributed by atoms with Gasteiger partial charge in [-0.05, 0) is 20.3 Å². The maximum Gasteiger partial charge on any atom is 0.311 e. The number of carbonyl (C=O) groups excluding carboxylic acids is 2. The molecule has 2 amide bonds. The number of likely N-dealkylation sites (tertiary alicyclic amines) is 1. The van der Waals surface area contributed by atoms with Crippen molar-refractivity contribution in [2.24, 2.45) is 5.41 Å². The second-order valence-electron chi connectivity index (χ2n) is 4.80. The Kier molecular flexibility index (Phi) is 3.75. The molecule has 0 aromatic carbocycles. The van der Waals surface area contributed by atoms with Crippen LogP contribution in [0, 0.1) is 5.41 Å². The molecule has 1 aliphatic heterocycles. The molecular weight excluding hydrogens is 224 g/mol. The van der Waals surface area contributed by atoms with Crippen LogP contribution >= 0.6 is 0 Å². The highest BCUT2D eigenvalue weighted by molar-refractivity contribution is 5.87. The lowest BCUT2D eigenvalue weighted by Gasteiger charge is -2.23. The maximum atomic E-state index is 11.9. The van der Waals surface area contributed by atoms with Crippen molar-refractivity contribution in [3.05, 3.63) is 0 Å². The van der Waals surface area contributed by atoms with E-state index in [9.17, 15) is 14.4 Å². The molecule has 0 unspecified atom stereocenters. The van der Waals surface area contributed by atoms with Crippen LogP contribution < -0.4 is 5.32 Å². The van der Waals surface area contributed by atoms with E-state index < -0.39 is 17.4 Å². The molecule has 2 atom stereocenters. The van der Waals surface area contributed by atoms with E-state index >= 15 is 0 Å². The maximum absolute atomic E-state index is 11.9. The molecule has 1 heterocycles. The van der Waals surface area contributed by atoms with E-state index in [0.29, 0.717) is 13.0 Å². The van der Waals surface area contributed by atoms with Crippen LogP contribution in [0.15, 0.2) is 0 Å². The number of carboxylic acid groups (broad SMARTS) is 1. The third-order valence-electron chi connectivity index (χ3n) is 3.09. The summed E-state index contributed by atoms with van der Waals surface area (Å²) in [5, 5.41) is 11.5. The van der Waals surface area contributed by atoms with Crippen LogP contribution in [0.25, 0.3) is 0 Å². The summed E-state index contributed by atoms with van der Waals surface area (Å²) in [5.41, 5.74) is -0.869. The lowest BCUT2D eigenvalue weighted by atomic mass is 9.90. The van der Waals surface area contributed by atoms with Gasteiger partial charge in [0, 0.05) is 20.0 Å². The van der Waals surface area contributed by atoms with Crippen molar-refractivity contribution in [1.29, 1.82) is 0 Å². The Balaban J connectivity index is 2.62. The van der Waals surface area contributed by atoms with Gasteiger partial charge in [-0.3, -0.25) is 14.4 Å². The first kappa shape index (κ1) is 13.5. The molecule has 1 saturated heterocycles. The van der Waals surface area contributed by atoms with Crippen LogP contribution in [0.3, 0.4) is 0 Å². The van der Waals surface area contributed by atoms with Gasteiger partial charge in [0.25, 0.3) is 0 Å². The summed E-state index contributed by atoms with van der Waals surface area (Å²) in [4.78, 5) is 35.3. The van der Waals surface area contributed by atoms with Crippen LogP contribution in [-0.2, 0) is 14.4 Å². The molecule has 0 spiro atoms. The van der Waals surface area contributed by atoms with E-state index in [0.717, 1.165) is 0 Å². The number of hydrogen-bond acceptors (Lipinski definition) is 3. The zero-order chi connectivity index (χ0) is 13.2. The van der Waals surface area contributed by atoms with E-state index in [1.165, 1.54) is 11.8 Å². The number of nitrogens with zero attached hydrogens (tertiary/aromatic N) is 1. The molecule has 0 saturated carbocycles. The monoisotopic (exact) mass is 242 g/mol. The highest BCUT2D eigenvalue weighted by atomic mass is 16.4. The molecule has 1 fully saturated rings. The highest BCUT2D eigenvalue weighted by Crippen LogP contribution is 2.30. The fourth-order valence-corrected chi connectivity index (χ4v) is 1.96. The van der Waals surface area contributed by atoms with Gasteiger partial charge in [0.2, 0.25) is 11.8 Å². The smallest absolute Gasteiger partial charge is 0.311 e. The Bertz CT molecular complexity index is 355. The molecule has 1 aliphatic rings. The molecule has 17 heavy (non-hydrogen) atoms. The summed E-state index contributed by atoms with van der Waals surface area (Å²) in [6.07, 6.45) is 0.445. The quantitative estimate of drug-likeness (QED) is 0.719. The van der Waals surface area contributed by atoms with Crippen molar-refractivity contribution in [2.75, 3.05) is 13.1 Å². The first-order valence-corrected chi connectivity index (χ1v) is 5.55. The van der Waals surface area contributed by atoms with Gasteiger partial charge in [-0.15, -0.1) is 0 Å². The number of nitrogens with one attached hydrogen (secondary N) is 1. The van der Waals surface area contributed by atoms with Crippen molar-refractivity contribution in [1.82, 2.24) is 10.2 Å². The molecule has 0 bridgehead atoms. The SMILES string of the molecule is CC(=O)N[C@@H](C)C(=O)N1CC[C@@](C)(C(=O)O)C1. The number of rotatable bonds is 3. The van der Waals surface area contributed by atoms with Crippen molar-refractivity contribution in [3.63, 3.8) is 0 Å². The minimum atomic E-state index is -0.889. The number of aliphatic carboxylic acids is 1. The third-order valence-corrected chi connectivity index (χ3v) is 3.09. The predicted molar refractivity (Wildman–Crippen MR) is 60.2 cm³/mol. The average molecular weight is 242 g/mol. The molecule has 0 aromatic heterocycles. The number of carboxylic acids is 1. The number of hydrogen-bond donors (Lipinski definition) is 2.